The zero-order valence-corrected chi connectivity index (χ0v) is 16.2. The van der Waals surface area contributed by atoms with Crippen molar-refractivity contribution in [3.05, 3.63) is 76.2 Å². The molecule has 1 N–H and O–H groups in total. The summed E-state index contributed by atoms with van der Waals surface area (Å²) < 4.78 is 16.3. The molecular formula is C20H23FN6O2. The molecule has 1 amide bonds. The first-order valence-corrected chi connectivity index (χ1v) is 9.46. The summed E-state index contributed by atoms with van der Waals surface area (Å²) in [6.45, 7) is 2.80. The number of hydrogen-bond acceptors (Lipinski definition) is 5. The molecule has 3 aromatic rings. The number of nitrogens with one attached hydrogen (secondary N) is 1. The summed E-state index contributed by atoms with van der Waals surface area (Å²) in [6, 6.07) is 10.4. The summed E-state index contributed by atoms with van der Waals surface area (Å²) >= 11 is 0. The summed E-state index contributed by atoms with van der Waals surface area (Å²) in [5.74, 6) is -0.0109. The predicted molar refractivity (Wildman–Crippen MR) is 105 cm³/mol. The van der Waals surface area contributed by atoms with E-state index in [2.05, 4.69) is 20.8 Å². The van der Waals surface area contributed by atoms with Gasteiger partial charge in [0.05, 0.1) is 0 Å². The highest BCUT2D eigenvalue weighted by Crippen LogP contribution is 2.15. The van der Waals surface area contributed by atoms with Crippen molar-refractivity contribution >= 4 is 5.91 Å². The fourth-order valence-electron chi connectivity index (χ4n) is 3.04. The van der Waals surface area contributed by atoms with Gasteiger partial charge in [0.25, 0.3) is 0 Å². The summed E-state index contributed by atoms with van der Waals surface area (Å²) in [4.78, 5) is 24.5. The van der Waals surface area contributed by atoms with Crippen molar-refractivity contribution in [1.82, 2.24) is 30.1 Å². The number of hydrogen-bond donors (Lipinski definition) is 1. The first-order valence-electron chi connectivity index (χ1n) is 9.46. The van der Waals surface area contributed by atoms with E-state index >= 15 is 0 Å². The van der Waals surface area contributed by atoms with Crippen LogP contribution in [0.3, 0.4) is 0 Å². The predicted octanol–water partition coefficient (Wildman–Crippen LogP) is 1.66. The number of pyridine rings is 1. The summed E-state index contributed by atoms with van der Waals surface area (Å²) in [7, 11) is 0. The first-order chi connectivity index (χ1) is 14.0. The molecule has 0 saturated carbocycles. The Hall–Kier alpha value is -3.36. The van der Waals surface area contributed by atoms with Gasteiger partial charge >= 0.3 is 0 Å². The minimum atomic E-state index is -0.632. The van der Waals surface area contributed by atoms with E-state index in [1.807, 2.05) is 6.07 Å². The van der Waals surface area contributed by atoms with Crippen molar-refractivity contribution < 1.29 is 9.18 Å². The average Bonchev–Trinajstić information content (AvgIpc) is 3.14. The van der Waals surface area contributed by atoms with Crippen LogP contribution in [0.5, 0.6) is 0 Å². The third-order valence-electron chi connectivity index (χ3n) is 4.62. The Morgan fingerprint density at radius 2 is 1.97 bits per heavy atom. The van der Waals surface area contributed by atoms with E-state index in [-0.39, 0.29) is 17.3 Å². The number of amides is 1. The lowest BCUT2D eigenvalue weighted by Crippen LogP contribution is -2.35. The van der Waals surface area contributed by atoms with Gasteiger partial charge in [-0.15, -0.1) is 5.10 Å². The summed E-state index contributed by atoms with van der Waals surface area (Å²) in [6.07, 6.45) is 3.58. The van der Waals surface area contributed by atoms with Gasteiger partial charge in [0, 0.05) is 31.8 Å². The standard InChI is InChI=1S/C20H23FN6O2/c1-15-23-24-25-27(15)18(14-16-7-9-17(21)10-8-16)20(29)22-11-3-5-13-26-12-4-2-6-19(26)28/h2,4,6-10,12,18H,3,5,11,13-14H2,1H3,(H,22,29). The zero-order chi connectivity index (χ0) is 20.6. The number of nitrogens with zero attached hydrogens (tertiary/aromatic N) is 5. The second kappa shape index (κ2) is 9.72. The van der Waals surface area contributed by atoms with Gasteiger partial charge in [-0.3, -0.25) is 9.59 Å². The second-order valence-electron chi connectivity index (χ2n) is 6.75. The molecule has 0 aliphatic rings. The summed E-state index contributed by atoms with van der Waals surface area (Å²) in [5.41, 5.74) is 0.773. The molecule has 2 heterocycles. The van der Waals surface area contributed by atoms with Gasteiger partial charge in [-0.1, -0.05) is 18.2 Å². The molecule has 152 valence electrons. The maximum absolute atomic E-state index is 13.2. The Balaban J connectivity index is 1.56. The highest BCUT2D eigenvalue weighted by Gasteiger charge is 2.24. The van der Waals surface area contributed by atoms with Crippen LogP contribution in [-0.4, -0.2) is 37.2 Å². The van der Waals surface area contributed by atoms with Crippen LogP contribution in [0.25, 0.3) is 0 Å². The van der Waals surface area contributed by atoms with Crippen LogP contribution in [0.1, 0.15) is 30.3 Å². The fraction of sp³-hybridized carbons (Fsp3) is 0.350. The Kier molecular flexibility index (Phi) is 6.83. The average molecular weight is 398 g/mol. The number of rotatable bonds is 9. The van der Waals surface area contributed by atoms with Gasteiger partial charge in [-0.25, -0.2) is 9.07 Å². The lowest BCUT2D eigenvalue weighted by molar-refractivity contribution is -0.124. The largest absolute Gasteiger partial charge is 0.354 e. The number of aryl methyl sites for hydroxylation is 2. The van der Waals surface area contributed by atoms with Crippen LogP contribution >= 0.6 is 0 Å². The molecule has 3 rings (SSSR count). The molecule has 29 heavy (non-hydrogen) atoms. The Morgan fingerprint density at radius 3 is 2.66 bits per heavy atom. The molecule has 0 spiro atoms. The maximum atomic E-state index is 13.2. The first kappa shape index (κ1) is 20.4. The number of carbonyl (C=O) groups excluding carboxylic acids is 1. The maximum Gasteiger partial charge on any atom is 0.250 e. The van der Waals surface area contributed by atoms with Gasteiger partial charge < -0.3 is 9.88 Å². The summed E-state index contributed by atoms with van der Waals surface area (Å²) in [5, 5.41) is 14.3. The number of tetrazole rings is 1. The molecule has 0 fully saturated rings. The molecule has 0 aliphatic heterocycles. The fourth-order valence-corrected chi connectivity index (χ4v) is 3.04. The monoisotopic (exact) mass is 398 g/mol. The van der Waals surface area contributed by atoms with E-state index in [4.69, 9.17) is 0 Å². The minimum absolute atomic E-state index is 0.0370. The molecule has 1 unspecified atom stereocenters. The van der Waals surface area contributed by atoms with Crippen LogP contribution < -0.4 is 10.9 Å². The van der Waals surface area contributed by atoms with Gasteiger partial charge in [0.1, 0.15) is 17.7 Å². The highest BCUT2D eigenvalue weighted by molar-refractivity contribution is 5.80. The van der Waals surface area contributed by atoms with Gasteiger partial charge in [-0.2, -0.15) is 0 Å². The quantitative estimate of drug-likeness (QED) is 0.553. The zero-order valence-electron chi connectivity index (χ0n) is 16.2. The lowest BCUT2D eigenvalue weighted by atomic mass is 10.1. The Bertz CT molecular complexity index is 998. The topological polar surface area (TPSA) is 94.7 Å². The Labute approximate surface area is 167 Å². The van der Waals surface area contributed by atoms with Crippen molar-refractivity contribution in [2.45, 2.75) is 38.8 Å². The second-order valence-corrected chi connectivity index (χ2v) is 6.75. The van der Waals surface area contributed by atoms with E-state index < -0.39 is 6.04 Å². The number of benzene rings is 1. The van der Waals surface area contributed by atoms with Crippen LogP contribution in [0.4, 0.5) is 4.39 Å². The van der Waals surface area contributed by atoms with Gasteiger partial charge in [0.15, 0.2) is 0 Å². The van der Waals surface area contributed by atoms with E-state index in [1.165, 1.54) is 22.9 Å². The molecule has 8 nitrogen and oxygen atoms in total. The van der Waals surface area contributed by atoms with Crippen molar-refractivity contribution in [2.24, 2.45) is 0 Å². The van der Waals surface area contributed by atoms with Crippen molar-refractivity contribution in [1.29, 1.82) is 0 Å². The number of carbonyl (C=O) groups is 1. The Morgan fingerprint density at radius 1 is 1.17 bits per heavy atom. The molecule has 2 aromatic heterocycles. The smallest absolute Gasteiger partial charge is 0.250 e. The highest BCUT2D eigenvalue weighted by atomic mass is 19.1. The van der Waals surface area contributed by atoms with E-state index in [0.717, 1.165) is 18.4 Å². The van der Waals surface area contributed by atoms with Crippen LogP contribution in [0.2, 0.25) is 0 Å². The number of unbranched alkanes of at least 4 members (excludes halogenated alkanes) is 1. The third kappa shape index (κ3) is 5.56. The minimum Gasteiger partial charge on any atom is -0.354 e. The molecule has 1 aromatic carbocycles. The van der Waals surface area contributed by atoms with Gasteiger partial charge in [0.2, 0.25) is 11.5 Å². The van der Waals surface area contributed by atoms with Crippen molar-refractivity contribution in [2.75, 3.05) is 6.54 Å². The van der Waals surface area contributed by atoms with E-state index in [9.17, 15) is 14.0 Å². The van der Waals surface area contributed by atoms with Crippen LogP contribution in [-0.2, 0) is 17.8 Å². The molecule has 0 radical (unpaired) electrons. The number of aromatic nitrogens is 5. The van der Waals surface area contributed by atoms with E-state index in [0.29, 0.717) is 25.3 Å². The third-order valence-corrected chi connectivity index (χ3v) is 4.62. The molecule has 0 bridgehead atoms. The van der Waals surface area contributed by atoms with Crippen LogP contribution in [0.15, 0.2) is 53.5 Å². The molecule has 1 atom stereocenters. The van der Waals surface area contributed by atoms with Crippen LogP contribution in [0, 0.1) is 12.7 Å². The molecular weight excluding hydrogens is 375 g/mol. The van der Waals surface area contributed by atoms with Gasteiger partial charge in [-0.05, 0) is 54.0 Å². The normalized spacial score (nSPS) is 11.9. The lowest BCUT2D eigenvalue weighted by Gasteiger charge is -2.17. The molecule has 9 heteroatoms. The van der Waals surface area contributed by atoms with Crippen molar-refractivity contribution in [3.63, 3.8) is 0 Å². The van der Waals surface area contributed by atoms with Crippen molar-refractivity contribution in [3.8, 4) is 0 Å². The number of halogens is 1. The van der Waals surface area contributed by atoms with E-state index in [1.54, 1.807) is 35.9 Å². The SMILES string of the molecule is Cc1nnnn1C(Cc1ccc(F)cc1)C(=O)NCCCCn1ccccc1=O. The molecule has 0 saturated heterocycles. The molecule has 0 aliphatic carbocycles.